The van der Waals surface area contributed by atoms with Crippen molar-refractivity contribution in [1.82, 2.24) is 0 Å². The third-order valence-corrected chi connectivity index (χ3v) is 6.75. The molecule has 0 aromatic heterocycles. The molecule has 0 heterocycles. The summed E-state index contributed by atoms with van der Waals surface area (Å²) < 4.78 is 12.1. The highest BCUT2D eigenvalue weighted by Gasteiger charge is 2.61. The highest BCUT2D eigenvalue weighted by Crippen LogP contribution is 2.66. The molecule has 2 bridgehead atoms. The first kappa shape index (κ1) is 18.7. The number of esters is 1. The number of quaternary nitrogens is 1. The van der Waals surface area contributed by atoms with Gasteiger partial charge in [0.05, 0.1) is 33.4 Å². The maximum Gasteiger partial charge on any atom is 0.361 e. The maximum absolute atomic E-state index is 11.8. The number of rotatable bonds is 8. The zero-order valence-electron chi connectivity index (χ0n) is 16.0. The van der Waals surface area contributed by atoms with Crippen molar-refractivity contribution in [2.24, 2.45) is 16.7 Å². The lowest BCUT2D eigenvalue weighted by Gasteiger charge is -2.39. The molecule has 0 saturated heterocycles. The van der Waals surface area contributed by atoms with Gasteiger partial charge in [0.2, 0.25) is 0 Å². The Hall–Kier alpha value is -0.610. The number of fused-ring (bicyclic) bond motifs is 2. The van der Waals surface area contributed by atoms with E-state index in [4.69, 9.17) is 9.47 Å². The first-order valence-corrected chi connectivity index (χ1v) is 9.21. The van der Waals surface area contributed by atoms with Gasteiger partial charge in [0.1, 0.15) is 6.54 Å². The molecule has 2 saturated carbocycles. The van der Waals surface area contributed by atoms with Crippen LogP contribution < -0.4 is 0 Å². The summed E-state index contributed by atoms with van der Waals surface area (Å²) in [4.78, 5) is 11.8. The highest BCUT2D eigenvalue weighted by atomic mass is 16.5. The minimum atomic E-state index is -0.107. The molecule has 23 heavy (non-hydrogen) atoms. The average molecular weight is 327 g/mol. The number of ether oxygens (including phenoxy) is 2. The van der Waals surface area contributed by atoms with Crippen LogP contribution in [0.15, 0.2) is 0 Å². The van der Waals surface area contributed by atoms with Crippen LogP contribution in [0.4, 0.5) is 0 Å². The van der Waals surface area contributed by atoms with E-state index in [1.807, 2.05) is 6.92 Å². The molecule has 2 aliphatic rings. The van der Waals surface area contributed by atoms with Crippen molar-refractivity contribution >= 4 is 5.97 Å². The molecule has 0 N–H and O–H groups in total. The second-order valence-electron chi connectivity index (χ2n) is 9.01. The van der Waals surface area contributed by atoms with E-state index in [1.54, 1.807) is 0 Å². The Morgan fingerprint density at radius 1 is 1.22 bits per heavy atom. The van der Waals surface area contributed by atoms with Gasteiger partial charge in [-0.2, -0.15) is 0 Å². The van der Waals surface area contributed by atoms with Gasteiger partial charge in [-0.1, -0.05) is 27.7 Å². The van der Waals surface area contributed by atoms with Crippen LogP contribution in [0.2, 0.25) is 0 Å². The summed E-state index contributed by atoms with van der Waals surface area (Å²) in [6.45, 7) is 11.8. The molecule has 0 unspecified atom stereocenters. The minimum absolute atomic E-state index is 0.107. The van der Waals surface area contributed by atoms with Crippen molar-refractivity contribution in [2.75, 3.05) is 40.4 Å². The Bertz CT molecular complexity index is 432. The van der Waals surface area contributed by atoms with Crippen molar-refractivity contribution in [1.29, 1.82) is 0 Å². The fourth-order valence-corrected chi connectivity index (χ4v) is 4.51. The molecule has 0 aliphatic heterocycles. The van der Waals surface area contributed by atoms with E-state index in [-0.39, 0.29) is 5.97 Å². The number of carbonyl (C=O) groups is 1. The van der Waals surface area contributed by atoms with Crippen LogP contribution in [0.25, 0.3) is 0 Å². The molecule has 2 rings (SSSR count). The van der Waals surface area contributed by atoms with Gasteiger partial charge in [0.25, 0.3) is 0 Å². The Morgan fingerprint density at radius 2 is 1.91 bits per heavy atom. The van der Waals surface area contributed by atoms with E-state index in [1.165, 1.54) is 19.3 Å². The average Bonchev–Trinajstić information content (AvgIpc) is 2.77. The summed E-state index contributed by atoms with van der Waals surface area (Å²) in [5, 5.41) is 0. The molecule has 134 valence electrons. The summed E-state index contributed by atoms with van der Waals surface area (Å²) in [5.41, 5.74) is 0.709. The number of carbonyl (C=O) groups excluding carboxylic acids is 1. The first-order chi connectivity index (χ1) is 10.6. The molecular formula is C19H36NO3+. The highest BCUT2D eigenvalue weighted by molar-refractivity contribution is 5.70. The van der Waals surface area contributed by atoms with Crippen LogP contribution in [-0.4, -0.2) is 57.0 Å². The van der Waals surface area contributed by atoms with Crippen LogP contribution in [-0.2, 0) is 14.3 Å². The normalized spacial score (nSPS) is 32.3. The number of hydrogen-bond acceptors (Lipinski definition) is 3. The van der Waals surface area contributed by atoms with Gasteiger partial charge in [-0.15, -0.1) is 0 Å². The summed E-state index contributed by atoms with van der Waals surface area (Å²) in [6.07, 6.45) is 5.10. The SMILES string of the molecule is CCCOC(=O)C[N+](C)(C)CCO[C@@H]1C[C@H]2CC[C@]1(C)C2(C)C. The molecule has 0 aromatic rings. The Morgan fingerprint density at radius 3 is 2.43 bits per heavy atom. The minimum Gasteiger partial charge on any atom is -0.462 e. The predicted octanol–water partition coefficient (Wildman–Crippen LogP) is 3.25. The Kier molecular flexibility index (Phi) is 5.47. The zero-order valence-corrected chi connectivity index (χ0v) is 16.0. The third kappa shape index (κ3) is 3.74. The van der Waals surface area contributed by atoms with Crippen molar-refractivity contribution in [3.63, 3.8) is 0 Å². The molecule has 0 radical (unpaired) electrons. The van der Waals surface area contributed by atoms with Crippen LogP contribution in [0.1, 0.15) is 53.4 Å². The summed E-state index contributed by atoms with van der Waals surface area (Å²) in [6, 6.07) is 0. The fourth-order valence-electron chi connectivity index (χ4n) is 4.51. The number of hydrogen-bond donors (Lipinski definition) is 0. The van der Waals surface area contributed by atoms with Crippen LogP contribution in [0, 0.1) is 16.7 Å². The lowest BCUT2D eigenvalue weighted by Crippen LogP contribution is -2.47. The van der Waals surface area contributed by atoms with E-state index in [0.29, 0.717) is 34.6 Å². The summed E-state index contributed by atoms with van der Waals surface area (Å²) >= 11 is 0. The van der Waals surface area contributed by atoms with Gasteiger partial charge in [0.15, 0.2) is 6.54 Å². The van der Waals surface area contributed by atoms with Gasteiger partial charge in [-0.25, -0.2) is 4.79 Å². The van der Waals surface area contributed by atoms with Crippen LogP contribution in [0.3, 0.4) is 0 Å². The predicted molar refractivity (Wildman–Crippen MR) is 92.1 cm³/mol. The Labute approximate surface area is 142 Å². The third-order valence-electron chi connectivity index (χ3n) is 6.75. The van der Waals surface area contributed by atoms with Crippen molar-refractivity contribution in [3.8, 4) is 0 Å². The van der Waals surface area contributed by atoms with Crippen LogP contribution >= 0.6 is 0 Å². The molecule has 4 heteroatoms. The van der Waals surface area contributed by atoms with E-state index in [9.17, 15) is 4.79 Å². The quantitative estimate of drug-likeness (QED) is 0.507. The lowest BCUT2D eigenvalue weighted by molar-refractivity contribution is -0.883. The summed E-state index contributed by atoms with van der Waals surface area (Å²) in [5.74, 6) is 0.703. The van der Waals surface area contributed by atoms with Gasteiger partial charge >= 0.3 is 5.97 Å². The molecular weight excluding hydrogens is 290 g/mol. The van der Waals surface area contributed by atoms with Crippen molar-refractivity contribution in [3.05, 3.63) is 0 Å². The van der Waals surface area contributed by atoms with Crippen molar-refractivity contribution < 1.29 is 18.8 Å². The lowest BCUT2D eigenvalue weighted by atomic mass is 9.70. The topological polar surface area (TPSA) is 35.5 Å². The molecule has 3 atom stereocenters. The molecule has 2 fully saturated rings. The van der Waals surface area contributed by atoms with Gasteiger partial charge < -0.3 is 14.0 Å². The largest absolute Gasteiger partial charge is 0.462 e. The van der Waals surface area contributed by atoms with Gasteiger partial charge in [-0.3, -0.25) is 0 Å². The number of likely N-dealkylation sites (N-methyl/N-ethyl adjacent to an activating group) is 1. The monoisotopic (exact) mass is 326 g/mol. The summed E-state index contributed by atoms with van der Waals surface area (Å²) in [7, 11) is 4.14. The van der Waals surface area contributed by atoms with E-state index >= 15 is 0 Å². The molecule has 4 nitrogen and oxygen atoms in total. The standard InChI is InChI=1S/C19H36NO3/c1-7-11-23-17(21)14-20(5,6)10-12-22-16-13-15-8-9-19(16,4)18(15,2)3/h15-16H,7-14H2,1-6H3/q+1/t15-,16-,19+/m1/s1. The maximum atomic E-state index is 11.8. The fraction of sp³-hybridized carbons (Fsp3) is 0.947. The van der Waals surface area contributed by atoms with Gasteiger partial charge in [0, 0.05) is 0 Å². The zero-order chi connectivity index (χ0) is 17.3. The van der Waals surface area contributed by atoms with E-state index in [2.05, 4.69) is 34.9 Å². The first-order valence-electron chi connectivity index (χ1n) is 9.21. The van der Waals surface area contributed by atoms with Crippen LogP contribution in [0.5, 0.6) is 0 Å². The van der Waals surface area contributed by atoms with E-state index in [0.717, 1.165) is 25.5 Å². The second-order valence-corrected chi connectivity index (χ2v) is 9.01. The van der Waals surface area contributed by atoms with E-state index < -0.39 is 0 Å². The molecule has 0 aromatic carbocycles. The number of nitrogens with zero attached hydrogens (tertiary/aromatic N) is 1. The Balaban J connectivity index is 1.78. The molecule has 2 aliphatic carbocycles. The smallest absolute Gasteiger partial charge is 0.361 e. The molecule has 0 spiro atoms. The van der Waals surface area contributed by atoms with Crippen molar-refractivity contribution in [2.45, 2.75) is 59.5 Å². The van der Waals surface area contributed by atoms with Gasteiger partial charge in [-0.05, 0) is 42.4 Å². The molecule has 0 amide bonds. The second kappa shape index (κ2) is 6.72.